The molecule has 1 aromatic heterocycles. The van der Waals surface area contributed by atoms with Gasteiger partial charge >= 0.3 is 0 Å². The van der Waals surface area contributed by atoms with Gasteiger partial charge in [0.25, 0.3) is 5.91 Å². The number of hydrogen-bond acceptors (Lipinski definition) is 4. The minimum absolute atomic E-state index is 0.189. The Hall–Kier alpha value is -2.77. The lowest BCUT2D eigenvalue weighted by Gasteiger charge is -2.22. The summed E-state index contributed by atoms with van der Waals surface area (Å²) in [5.41, 5.74) is 2.95. The molecule has 2 amide bonds. The lowest BCUT2D eigenvalue weighted by atomic mass is 10.2. The molecule has 1 N–H and O–H groups in total. The molecule has 0 bridgehead atoms. The number of nitrogens with zero attached hydrogens (tertiary/aromatic N) is 3. The van der Waals surface area contributed by atoms with Gasteiger partial charge in [0.2, 0.25) is 5.91 Å². The number of rotatable bonds is 4. The molecule has 2 aromatic carbocycles. The maximum absolute atomic E-state index is 13.0. The normalized spacial score (nSPS) is 16.1. The van der Waals surface area contributed by atoms with Crippen LogP contribution in [0.2, 0.25) is 5.02 Å². The van der Waals surface area contributed by atoms with E-state index in [-0.39, 0.29) is 11.8 Å². The monoisotopic (exact) mass is 426 g/mol. The fourth-order valence-corrected chi connectivity index (χ4v) is 4.47. The van der Waals surface area contributed by atoms with E-state index in [0.29, 0.717) is 27.9 Å². The highest BCUT2D eigenvalue weighted by molar-refractivity contribution is 7.99. The van der Waals surface area contributed by atoms with E-state index in [4.69, 9.17) is 11.6 Å². The van der Waals surface area contributed by atoms with Crippen LogP contribution < -0.4 is 5.32 Å². The summed E-state index contributed by atoms with van der Waals surface area (Å²) in [4.78, 5) is 27.4. The summed E-state index contributed by atoms with van der Waals surface area (Å²) in [6.07, 6.45) is 3.14. The second-order valence-electron chi connectivity index (χ2n) is 6.77. The number of thioether (sulfide) groups is 1. The van der Waals surface area contributed by atoms with Gasteiger partial charge in [-0.05, 0) is 31.2 Å². The summed E-state index contributed by atoms with van der Waals surface area (Å²) in [6, 6.07) is 14.3. The minimum Gasteiger partial charge on any atom is -0.324 e. The Bertz CT molecular complexity index is 1050. The number of aromatic nitrogens is 2. The zero-order chi connectivity index (χ0) is 20.4. The summed E-state index contributed by atoms with van der Waals surface area (Å²) in [5, 5.41) is 7.71. The highest BCUT2D eigenvalue weighted by atomic mass is 35.5. The molecule has 1 atom stereocenters. The smallest absolute Gasteiger partial charge is 0.258 e. The molecule has 6 nitrogen and oxygen atoms in total. The molecular formula is C21H19ClN4O2S. The van der Waals surface area contributed by atoms with Crippen LogP contribution in [0.4, 0.5) is 5.69 Å². The Labute approximate surface area is 177 Å². The van der Waals surface area contributed by atoms with Crippen molar-refractivity contribution in [3.05, 3.63) is 77.1 Å². The van der Waals surface area contributed by atoms with E-state index in [2.05, 4.69) is 10.4 Å². The van der Waals surface area contributed by atoms with E-state index in [9.17, 15) is 9.59 Å². The Morgan fingerprint density at radius 3 is 2.69 bits per heavy atom. The van der Waals surface area contributed by atoms with E-state index in [1.165, 1.54) is 6.20 Å². The first-order valence-electron chi connectivity index (χ1n) is 9.09. The lowest BCUT2D eigenvalue weighted by molar-refractivity contribution is -0.119. The molecule has 2 heterocycles. The van der Waals surface area contributed by atoms with Crippen LogP contribution in [0, 0.1) is 6.92 Å². The van der Waals surface area contributed by atoms with E-state index >= 15 is 0 Å². The standard InChI is InChI=1S/C21H19ClN4O2S/c1-14-6-8-16(9-7-14)24-20(27)19-12-29-13-25(19)21(28)15-10-23-26(11-15)18-5-3-2-4-17(18)22/h2-11,19H,12-13H2,1H3,(H,24,27). The predicted molar refractivity (Wildman–Crippen MR) is 116 cm³/mol. The number of amides is 2. The zero-order valence-electron chi connectivity index (χ0n) is 15.7. The van der Waals surface area contributed by atoms with Gasteiger partial charge in [0.05, 0.1) is 28.3 Å². The second-order valence-corrected chi connectivity index (χ2v) is 8.18. The molecule has 3 aromatic rings. The molecule has 148 valence electrons. The molecule has 0 saturated carbocycles. The summed E-state index contributed by atoms with van der Waals surface area (Å²) < 4.78 is 1.57. The summed E-state index contributed by atoms with van der Waals surface area (Å²) in [7, 11) is 0. The summed E-state index contributed by atoms with van der Waals surface area (Å²) in [6.45, 7) is 1.99. The zero-order valence-corrected chi connectivity index (χ0v) is 17.3. The highest BCUT2D eigenvalue weighted by Gasteiger charge is 2.35. The molecular weight excluding hydrogens is 408 g/mol. The Balaban J connectivity index is 1.50. The summed E-state index contributed by atoms with van der Waals surface area (Å²) in [5.74, 6) is 0.604. The molecule has 0 aliphatic carbocycles. The quantitative estimate of drug-likeness (QED) is 0.685. The van der Waals surface area contributed by atoms with Crippen LogP contribution in [-0.2, 0) is 4.79 Å². The van der Waals surface area contributed by atoms with Crippen molar-refractivity contribution in [3.8, 4) is 5.69 Å². The number of nitrogens with one attached hydrogen (secondary N) is 1. The number of aryl methyl sites for hydroxylation is 1. The highest BCUT2D eigenvalue weighted by Crippen LogP contribution is 2.25. The molecule has 1 fully saturated rings. The third-order valence-corrected chi connectivity index (χ3v) is 6.03. The van der Waals surface area contributed by atoms with Gasteiger partial charge in [-0.25, -0.2) is 4.68 Å². The van der Waals surface area contributed by atoms with Crippen LogP contribution in [0.3, 0.4) is 0 Å². The van der Waals surface area contributed by atoms with E-state index in [1.807, 2.05) is 49.4 Å². The molecule has 29 heavy (non-hydrogen) atoms. The van der Waals surface area contributed by atoms with Gasteiger partial charge in [0, 0.05) is 17.6 Å². The van der Waals surface area contributed by atoms with Gasteiger partial charge in [0.15, 0.2) is 0 Å². The van der Waals surface area contributed by atoms with Crippen molar-refractivity contribution in [3.63, 3.8) is 0 Å². The van der Waals surface area contributed by atoms with E-state index < -0.39 is 6.04 Å². The van der Waals surface area contributed by atoms with Crippen molar-refractivity contribution < 1.29 is 9.59 Å². The average Bonchev–Trinajstić information content (AvgIpc) is 3.39. The Morgan fingerprint density at radius 2 is 1.93 bits per heavy atom. The number of hydrogen-bond donors (Lipinski definition) is 1. The van der Waals surface area contributed by atoms with Crippen LogP contribution >= 0.6 is 23.4 Å². The van der Waals surface area contributed by atoms with Crippen LogP contribution in [0.1, 0.15) is 15.9 Å². The predicted octanol–water partition coefficient (Wildman–Crippen LogP) is 3.99. The first kappa shape index (κ1) is 19.5. The molecule has 0 radical (unpaired) electrons. The third kappa shape index (κ3) is 4.16. The SMILES string of the molecule is Cc1ccc(NC(=O)C2CSCN2C(=O)c2cnn(-c3ccccc3Cl)c2)cc1. The molecule has 4 rings (SSSR count). The topological polar surface area (TPSA) is 67.2 Å². The fraction of sp³-hybridized carbons (Fsp3) is 0.190. The van der Waals surface area contributed by atoms with Crippen molar-refractivity contribution in [2.75, 3.05) is 16.9 Å². The van der Waals surface area contributed by atoms with Crippen molar-refractivity contribution >= 4 is 40.9 Å². The van der Waals surface area contributed by atoms with Crippen LogP contribution in [-0.4, -0.2) is 44.2 Å². The number of benzene rings is 2. The maximum atomic E-state index is 13.0. The Morgan fingerprint density at radius 1 is 1.17 bits per heavy atom. The number of carbonyl (C=O) groups excluding carboxylic acids is 2. The molecule has 8 heteroatoms. The van der Waals surface area contributed by atoms with Gasteiger partial charge < -0.3 is 10.2 Å². The fourth-order valence-electron chi connectivity index (χ4n) is 3.09. The molecule has 1 aliphatic rings. The van der Waals surface area contributed by atoms with Crippen LogP contribution in [0.5, 0.6) is 0 Å². The molecule has 1 unspecified atom stereocenters. The Kier molecular flexibility index (Phi) is 5.60. The number of carbonyl (C=O) groups is 2. The van der Waals surface area contributed by atoms with Crippen molar-refractivity contribution in [2.24, 2.45) is 0 Å². The van der Waals surface area contributed by atoms with Gasteiger partial charge in [-0.1, -0.05) is 41.4 Å². The van der Waals surface area contributed by atoms with Crippen LogP contribution in [0.25, 0.3) is 5.69 Å². The van der Waals surface area contributed by atoms with Crippen molar-refractivity contribution in [1.82, 2.24) is 14.7 Å². The molecule has 0 spiro atoms. The average molecular weight is 427 g/mol. The molecule has 1 saturated heterocycles. The number of halogens is 1. The largest absolute Gasteiger partial charge is 0.324 e. The van der Waals surface area contributed by atoms with Crippen molar-refractivity contribution in [2.45, 2.75) is 13.0 Å². The maximum Gasteiger partial charge on any atom is 0.258 e. The summed E-state index contributed by atoms with van der Waals surface area (Å²) >= 11 is 7.77. The third-order valence-electron chi connectivity index (χ3n) is 4.69. The number of anilines is 1. The van der Waals surface area contributed by atoms with Gasteiger partial charge in [0.1, 0.15) is 6.04 Å². The minimum atomic E-state index is -0.530. The van der Waals surface area contributed by atoms with Gasteiger partial charge in [-0.2, -0.15) is 5.10 Å². The lowest BCUT2D eigenvalue weighted by Crippen LogP contribution is -2.44. The first-order valence-corrected chi connectivity index (χ1v) is 10.6. The van der Waals surface area contributed by atoms with E-state index in [0.717, 1.165) is 11.3 Å². The van der Waals surface area contributed by atoms with Gasteiger partial charge in [-0.3, -0.25) is 9.59 Å². The first-order chi connectivity index (χ1) is 14.0. The van der Waals surface area contributed by atoms with Crippen molar-refractivity contribution in [1.29, 1.82) is 0 Å². The van der Waals surface area contributed by atoms with Gasteiger partial charge in [-0.15, -0.1) is 11.8 Å². The number of para-hydroxylation sites is 1. The van der Waals surface area contributed by atoms with Crippen LogP contribution in [0.15, 0.2) is 60.9 Å². The van der Waals surface area contributed by atoms with E-state index in [1.54, 1.807) is 33.6 Å². The molecule has 1 aliphatic heterocycles. The second kappa shape index (κ2) is 8.31.